The van der Waals surface area contributed by atoms with Crippen molar-refractivity contribution in [2.75, 3.05) is 5.75 Å². The number of ether oxygens (including phenoxy) is 1. The van der Waals surface area contributed by atoms with Gasteiger partial charge in [-0.05, 0) is 59.7 Å². The molecule has 0 saturated heterocycles. The van der Waals surface area contributed by atoms with Gasteiger partial charge in [-0.25, -0.2) is 0 Å². The second-order valence-corrected chi connectivity index (χ2v) is 7.72. The van der Waals surface area contributed by atoms with Crippen LogP contribution in [-0.4, -0.2) is 21.9 Å². The fourth-order valence-corrected chi connectivity index (χ4v) is 3.37. The van der Waals surface area contributed by atoms with E-state index in [1.54, 1.807) is 48.5 Å². The molecule has 1 heterocycles. The van der Waals surface area contributed by atoms with Crippen LogP contribution in [-0.2, 0) is 4.79 Å². The third kappa shape index (κ3) is 5.31. The number of hydrogen-bond acceptors (Lipinski definition) is 7. The lowest BCUT2D eigenvalue weighted by Crippen LogP contribution is -2.10. The third-order valence-corrected chi connectivity index (χ3v) is 5.29. The fourth-order valence-electron chi connectivity index (χ4n) is 2.71. The van der Waals surface area contributed by atoms with Crippen LogP contribution in [0.2, 0.25) is 5.02 Å². The monoisotopic (exact) mass is 447 g/mol. The number of carbonyl (C=O) groups excluding carboxylic acids is 1. The number of nitriles is 1. The summed E-state index contributed by atoms with van der Waals surface area (Å²) in [7, 11) is 0. The molecule has 0 atom stereocenters. The average Bonchev–Trinajstić information content (AvgIpc) is 3.28. The highest BCUT2D eigenvalue weighted by atomic mass is 35.5. The predicted molar refractivity (Wildman–Crippen MR) is 118 cm³/mol. The normalized spacial score (nSPS) is 10.5. The molecular formula is C23H14ClN3O3S. The van der Waals surface area contributed by atoms with Crippen molar-refractivity contribution in [1.29, 1.82) is 5.26 Å². The second-order valence-electron chi connectivity index (χ2n) is 6.36. The van der Waals surface area contributed by atoms with Crippen molar-refractivity contribution in [3.63, 3.8) is 0 Å². The van der Waals surface area contributed by atoms with Crippen LogP contribution in [0.1, 0.15) is 5.56 Å². The molecule has 0 N–H and O–H groups in total. The van der Waals surface area contributed by atoms with Crippen LogP contribution >= 0.6 is 23.4 Å². The maximum absolute atomic E-state index is 12.1. The lowest BCUT2D eigenvalue weighted by atomic mass is 10.0. The molecule has 4 aromatic rings. The summed E-state index contributed by atoms with van der Waals surface area (Å²) in [5.74, 6) is 0.392. The highest BCUT2D eigenvalue weighted by Crippen LogP contribution is 2.26. The smallest absolute Gasteiger partial charge is 0.321 e. The van der Waals surface area contributed by atoms with Crippen LogP contribution in [0.4, 0.5) is 0 Å². The molecule has 0 bridgehead atoms. The van der Waals surface area contributed by atoms with Gasteiger partial charge in [0, 0.05) is 10.6 Å². The van der Waals surface area contributed by atoms with Crippen LogP contribution in [0.3, 0.4) is 0 Å². The van der Waals surface area contributed by atoms with E-state index in [2.05, 4.69) is 16.3 Å². The van der Waals surface area contributed by atoms with E-state index in [0.717, 1.165) is 28.5 Å². The second kappa shape index (κ2) is 9.47. The topological polar surface area (TPSA) is 89.0 Å². The molecule has 0 aliphatic carbocycles. The molecule has 1 aromatic heterocycles. The summed E-state index contributed by atoms with van der Waals surface area (Å²) in [4.78, 5) is 12.1. The lowest BCUT2D eigenvalue weighted by molar-refractivity contribution is -0.131. The molecule has 0 aliphatic heterocycles. The summed E-state index contributed by atoms with van der Waals surface area (Å²) in [5, 5.41) is 17.7. The summed E-state index contributed by atoms with van der Waals surface area (Å²) in [6.07, 6.45) is 0. The van der Waals surface area contributed by atoms with Gasteiger partial charge in [0.2, 0.25) is 5.89 Å². The van der Waals surface area contributed by atoms with Crippen molar-refractivity contribution >= 4 is 29.3 Å². The van der Waals surface area contributed by atoms with Gasteiger partial charge in [0.25, 0.3) is 5.22 Å². The number of aromatic nitrogens is 2. The number of carbonyl (C=O) groups is 1. The fraction of sp³-hybridized carbons (Fsp3) is 0.0435. The Balaban J connectivity index is 1.32. The molecule has 31 heavy (non-hydrogen) atoms. The van der Waals surface area contributed by atoms with E-state index < -0.39 is 5.97 Å². The molecule has 0 aliphatic rings. The molecule has 152 valence electrons. The largest absolute Gasteiger partial charge is 0.426 e. The Morgan fingerprint density at radius 3 is 2.19 bits per heavy atom. The lowest BCUT2D eigenvalue weighted by Gasteiger charge is -2.05. The van der Waals surface area contributed by atoms with Gasteiger partial charge in [-0.3, -0.25) is 4.79 Å². The van der Waals surface area contributed by atoms with Crippen molar-refractivity contribution in [2.24, 2.45) is 0 Å². The summed E-state index contributed by atoms with van der Waals surface area (Å²) in [6.45, 7) is 0. The minimum atomic E-state index is -0.428. The Morgan fingerprint density at radius 1 is 0.935 bits per heavy atom. The number of rotatable bonds is 6. The van der Waals surface area contributed by atoms with E-state index >= 15 is 0 Å². The molecule has 4 rings (SSSR count). The van der Waals surface area contributed by atoms with Crippen molar-refractivity contribution in [3.05, 3.63) is 83.4 Å². The first-order valence-corrected chi connectivity index (χ1v) is 10.5. The van der Waals surface area contributed by atoms with E-state index in [9.17, 15) is 4.79 Å². The third-order valence-electron chi connectivity index (χ3n) is 4.24. The van der Waals surface area contributed by atoms with Gasteiger partial charge >= 0.3 is 5.97 Å². The zero-order valence-electron chi connectivity index (χ0n) is 16.0. The summed E-state index contributed by atoms with van der Waals surface area (Å²) in [6, 6.07) is 23.5. The highest BCUT2D eigenvalue weighted by molar-refractivity contribution is 7.99. The van der Waals surface area contributed by atoms with Crippen molar-refractivity contribution in [2.45, 2.75) is 5.22 Å². The van der Waals surface area contributed by atoms with Gasteiger partial charge < -0.3 is 9.15 Å². The van der Waals surface area contributed by atoms with E-state index in [1.807, 2.05) is 24.3 Å². The molecule has 0 unspecified atom stereocenters. The summed E-state index contributed by atoms with van der Waals surface area (Å²) >= 11 is 6.98. The number of halogens is 1. The first-order valence-electron chi connectivity index (χ1n) is 9.14. The van der Waals surface area contributed by atoms with Gasteiger partial charge in [-0.2, -0.15) is 5.26 Å². The van der Waals surface area contributed by atoms with E-state index in [0.29, 0.717) is 22.2 Å². The van der Waals surface area contributed by atoms with E-state index in [4.69, 9.17) is 26.0 Å². The number of nitrogens with zero attached hydrogens (tertiary/aromatic N) is 3. The van der Waals surface area contributed by atoms with Gasteiger partial charge in [0.15, 0.2) is 0 Å². The zero-order valence-corrected chi connectivity index (χ0v) is 17.6. The molecule has 0 spiro atoms. The number of benzene rings is 3. The van der Waals surface area contributed by atoms with Gasteiger partial charge in [-0.15, -0.1) is 10.2 Å². The van der Waals surface area contributed by atoms with Crippen molar-refractivity contribution in [3.8, 4) is 34.4 Å². The van der Waals surface area contributed by atoms with Crippen LogP contribution in [0.15, 0.2) is 82.4 Å². The molecule has 8 heteroatoms. The standard InChI is InChI=1S/C23H14ClN3O3S/c24-19-9-5-18(6-10-19)22-26-27-23(30-22)31-14-21(28)29-20-11-7-17(8-12-20)16-3-1-15(13-25)2-4-16/h1-12H,14H2. The molecule has 6 nitrogen and oxygen atoms in total. The van der Waals surface area contributed by atoms with Crippen molar-refractivity contribution < 1.29 is 13.9 Å². The maximum atomic E-state index is 12.1. The molecule has 0 radical (unpaired) electrons. The minimum Gasteiger partial charge on any atom is -0.426 e. The molecule has 0 amide bonds. The van der Waals surface area contributed by atoms with Crippen LogP contribution in [0.25, 0.3) is 22.6 Å². The number of hydrogen-bond donors (Lipinski definition) is 0. The van der Waals surface area contributed by atoms with Crippen LogP contribution in [0.5, 0.6) is 5.75 Å². The van der Waals surface area contributed by atoms with E-state index in [1.165, 1.54) is 0 Å². The molecule has 3 aromatic carbocycles. The SMILES string of the molecule is N#Cc1ccc(-c2ccc(OC(=O)CSc3nnc(-c4ccc(Cl)cc4)o3)cc2)cc1. The van der Waals surface area contributed by atoms with Gasteiger partial charge in [-0.1, -0.05) is 47.6 Å². The maximum Gasteiger partial charge on any atom is 0.321 e. The number of esters is 1. The first kappa shape index (κ1) is 20.7. The van der Waals surface area contributed by atoms with Crippen LogP contribution in [0, 0.1) is 11.3 Å². The Labute approximate surface area is 187 Å². The number of thioether (sulfide) groups is 1. The summed E-state index contributed by atoms with van der Waals surface area (Å²) < 4.78 is 10.9. The Kier molecular flexibility index (Phi) is 6.32. The predicted octanol–water partition coefficient (Wildman–Crippen LogP) is 5.63. The van der Waals surface area contributed by atoms with Crippen LogP contribution < -0.4 is 4.74 Å². The molecule has 0 fully saturated rings. The minimum absolute atomic E-state index is 0.0274. The van der Waals surface area contributed by atoms with Gasteiger partial charge in [0.1, 0.15) is 11.5 Å². The van der Waals surface area contributed by atoms with Gasteiger partial charge in [0.05, 0.1) is 11.6 Å². The first-order chi connectivity index (χ1) is 15.1. The molecular weight excluding hydrogens is 434 g/mol. The quantitative estimate of drug-likeness (QED) is 0.215. The Hall–Kier alpha value is -3.60. The molecule has 0 saturated carbocycles. The van der Waals surface area contributed by atoms with E-state index in [-0.39, 0.29) is 11.0 Å². The average molecular weight is 448 g/mol. The Morgan fingerprint density at radius 2 is 1.55 bits per heavy atom. The summed E-state index contributed by atoms with van der Waals surface area (Å²) in [5.41, 5.74) is 3.28. The zero-order chi connectivity index (χ0) is 21.6. The van der Waals surface area contributed by atoms with Crippen molar-refractivity contribution in [1.82, 2.24) is 10.2 Å². The Bertz CT molecular complexity index is 1230. The highest BCUT2D eigenvalue weighted by Gasteiger charge is 2.13.